The number of nitrogens with one attached hydrogen (secondary N) is 1. The van der Waals surface area contributed by atoms with Gasteiger partial charge in [-0.1, -0.05) is 12.1 Å². The van der Waals surface area contributed by atoms with Crippen molar-refractivity contribution in [3.8, 4) is 11.3 Å². The van der Waals surface area contributed by atoms with Gasteiger partial charge < -0.3 is 9.72 Å². The molecule has 0 saturated heterocycles. The quantitative estimate of drug-likeness (QED) is 0.744. The highest BCUT2D eigenvalue weighted by Gasteiger charge is 2.18. The van der Waals surface area contributed by atoms with Crippen molar-refractivity contribution >= 4 is 27.8 Å². The molecule has 3 aromatic rings. The second-order valence-electron chi connectivity index (χ2n) is 4.85. The molecule has 1 atom stereocenters. The summed E-state index contributed by atoms with van der Waals surface area (Å²) in [6, 6.07) is 7.24. The van der Waals surface area contributed by atoms with E-state index < -0.39 is 16.8 Å². The molecule has 0 aliphatic carbocycles. The molecular weight excluding hydrogens is 314 g/mol. The second-order valence-corrected chi connectivity index (χ2v) is 6.23. The van der Waals surface area contributed by atoms with E-state index in [1.165, 1.54) is 6.33 Å². The minimum atomic E-state index is -1.04. The third-order valence-corrected chi connectivity index (χ3v) is 4.36. The van der Waals surface area contributed by atoms with Crippen LogP contribution in [0.5, 0.6) is 0 Å². The van der Waals surface area contributed by atoms with E-state index in [0.717, 1.165) is 10.5 Å². The number of nitrogens with zero attached hydrogens (tertiary/aromatic N) is 2. The van der Waals surface area contributed by atoms with E-state index in [9.17, 15) is 9.00 Å². The number of carbonyl (C=O) groups is 1. The lowest BCUT2D eigenvalue weighted by Crippen LogP contribution is -2.04. The van der Waals surface area contributed by atoms with Gasteiger partial charge in [-0.15, -0.1) is 0 Å². The fourth-order valence-electron chi connectivity index (χ4n) is 2.36. The molecule has 0 aliphatic heterocycles. The molecule has 118 valence electrons. The lowest BCUT2D eigenvalue weighted by Gasteiger charge is -2.06. The van der Waals surface area contributed by atoms with Gasteiger partial charge in [0.25, 0.3) is 0 Å². The van der Waals surface area contributed by atoms with Crippen molar-refractivity contribution in [2.24, 2.45) is 0 Å². The largest absolute Gasteiger partial charge is 0.462 e. The van der Waals surface area contributed by atoms with Crippen LogP contribution >= 0.6 is 0 Å². The lowest BCUT2D eigenvalue weighted by molar-refractivity contribution is 0.0528. The Morgan fingerprint density at radius 2 is 2.00 bits per heavy atom. The van der Waals surface area contributed by atoms with Crippen LogP contribution in [0.25, 0.3) is 22.3 Å². The smallest absolute Gasteiger partial charge is 0.340 e. The van der Waals surface area contributed by atoms with Crippen molar-refractivity contribution in [2.75, 3.05) is 12.9 Å². The Labute approximate surface area is 135 Å². The highest BCUT2D eigenvalue weighted by atomic mass is 32.2. The molecule has 3 rings (SSSR count). The molecule has 0 fully saturated rings. The highest BCUT2D eigenvalue weighted by molar-refractivity contribution is 7.84. The first-order valence-electron chi connectivity index (χ1n) is 7.05. The zero-order valence-corrected chi connectivity index (χ0v) is 13.5. The van der Waals surface area contributed by atoms with Gasteiger partial charge in [0, 0.05) is 33.7 Å². The van der Waals surface area contributed by atoms with Crippen LogP contribution in [-0.2, 0) is 15.5 Å². The molecule has 2 heterocycles. The van der Waals surface area contributed by atoms with Gasteiger partial charge in [0.05, 0.1) is 23.3 Å². The zero-order valence-electron chi connectivity index (χ0n) is 12.7. The van der Waals surface area contributed by atoms with Crippen LogP contribution in [0.1, 0.15) is 17.3 Å². The number of benzene rings is 1. The Morgan fingerprint density at radius 3 is 2.65 bits per heavy atom. The zero-order chi connectivity index (χ0) is 16.4. The molecule has 0 aliphatic rings. The van der Waals surface area contributed by atoms with Crippen LogP contribution < -0.4 is 0 Å². The molecule has 0 amide bonds. The Kier molecular flexibility index (Phi) is 4.20. The summed E-state index contributed by atoms with van der Waals surface area (Å²) >= 11 is 0. The number of carbonyl (C=O) groups excluding carboxylic acids is 1. The van der Waals surface area contributed by atoms with Crippen LogP contribution in [0.4, 0.5) is 0 Å². The van der Waals surface area contributed by atoms with E-state index in [2.05, 4.69) is 15.0 Å². The Hall–Kier alpha value is -2.54. The molecular formula is C16H15N3O3S. The standard InChI is InChI=1S/C16H15N3O3S/c1-3-22-16(20)12-8-17-15-13(12)14(18-9-19-15)10-4-6-11(7-5-10)23(2)21/h4-9H,3H2,1-2H3,(H,17,18,19). The van der Waals surface area contributed by atoms with E-state index in [4.69, 9.17) is 4.74 Å². The van der Waals surface area contributed by atoms with E-state index in [0.29, 0.717) is 28.9 Å². The fourth-order valence-corrected chi connectivity index (χ4v) is 2.88. The van der Waals surface area contributed by atoms with Crippen LogP contribution in [0.3, 0.4) is 0 Å². The molecule has 0 spiro atoms. The average molecular weight is 329 g/mol. The van der Waals surface area contributed by atoms with Crippen molar-refractivity contribution in [2.45, 2.75) is 11.8 Å². The molecule has 1 N–H and O–H groups in total. The van der Waals surface area contributed by atoms with Crippen molar-refractivity contribution < 1.29 is 13.7 Å². The first kappa shape index (κ1) is 15.4. The number of fused-ring (bicyclic) bond motifs is 1. The van der Waals surface area contributed by atoms with Gasteiger partial charge in [0.1, 0.15) is 12.0 Å². The van der Waals surface area contributed by atoms with Gasteiger partial charge in [-0.05, 0) is 19.1 Å². The number of hydrogen-bond acceptors (Lipinski definition) is 5. The van der Waals surface area contributed by atoms with Gasteiger partial charge in [-0.25, -0.2) is 14.8 Å². The Morgan fingerprint density at radius 1 is 1.26 bits per heavy atom. The summed E-state index contributed by atoms with van der Waals surface area (Å²) < 4.78 is 16.6. The van der Waals surface area contributed by atoms with Crippen molar-refractivity contribution in [1.29, 1.82) is 0 Å². The summed E-state index contributed by atoms with van der Waals surface area (Å²) in [5.41, 5.74) is 2.42. The molecule has 6 nitrogen and oxygen atoms in total. The first-order valence-corrected chi connectivity index (χ1v) is 8.60. The number of hydrogen-bond donors (Lipinski definition) is 1. The maximum atomic E-state index is 12.1. The third-order valence-electron chi connectivity index (χ3n) is 3.42. The Bertz CT molecular complexity index is 887. The summed E-state index contributed by atoms with van der Waals surface area (Å²) in [5, 5.41) is 0.622. The number of H-pyrrole nitrogens is 1. The summed E-state index contributed by atoms with van der Waals surface area (Å²) in [7, 11) is -1.04. The van der Waals surface area contributed by atoms with Crippen LogP contribution in [0.2, 0.25) is 0 Å². The molecule has 2 aromatic heterocycles. The van der Waals surface area contributed by atoms with Crippen molar-refractivity contribution in [1.82, 2.24) is 15.0 Å². The maximum Gasteiger partial charge on any atom is 0.340 e. The third kappa shape index (κ3) is 2.87. The Balaban J connectivity index is 2.15. The minimum absolute atomic E-state index is 0.297. The SMILES string of the molecule is CCOC(=O)c1c[nH]c2ncnc(-c3ccc(S(C)=O)cc3)c12. The average Bonchev–Trinajstić information content (AvgIpc) is 2.99. The number of rotatable bonds is 4. The lowest BCUT2D eigenvalue weighted by atomic mass is 10.1. The molecule has 0 radical (unpaired) electrons. The maximum absolute atomic E-state index is 12.1. The summed E-state index contributed by atoms with van der Waals surface area (Å²) in [6.07, 6.45) is 4.65. The van der Waals surface area contributed by atoms with E-state index in [1.54, 1.807) is 31.5 Å². The summed E-state index contributed by atoms with van der Waals surface area (Å²) in [4.78, 5) is 24.3. The number of esters is 1. The van der Waals surface area contributed by atoms with Crippen molar-refractivity contribution in [3.05, 3.63) is 42.4 Å². The predicted molar refractivity (Wildman–Crippen MR) is 87.6 cm³/mol. The van der Waals surface area contributed by atoms with Gasteiger partial charge in [-0.3, -0.25) is 4.21 Å². The molecule has 7 heteroatoms. The van der Waals surface area contributed by atoms with Crippen molar-refractivity contribution in [3.63, 3.8) is 0 Å². The van der Waals surface area contributed by atoms with Gasteiger partial charge >= 0.3 is 5.97 Å². The number of aromatic nitrogens is 3. The molecule has 0 saturated carbocycles. The predicted octanol–water partition coefficient (Wildman–Crippen LogP) is 2.54. The molecule has 0 bridgehead atoms. The molecule has 1 aromatic carbocycles. The first-order chi connectivity index (χ1) is 11.1. The normalized spacial score (nSPS) is 12.3. The summed E-state index contributed by atoms with van der Waals surface area (Å²) in [6.45, 7) is 2.05. The highest BCUT2D eigenvalue weighted by Crippen LogP contribution is 2.29. The number of aromatic amines is 1. The molecule has 1 unspecified atom stereocenters. The van der Waals surface area contributed by atoms with Crippen LogP contribution in [-0.4, -0.2) is 38.0 Å². The second kappa shape index (κ2) is 6.29. The van der Waals surface area contributed by atoms with Gasteiger partial charge in [0.15, 0.2) is 0 Å². The van der Waals surface area contributed by atoms with Gasteiger partial charge in [-0.2, -0.15) is 0 Å². The topological polar surface area (TPSA) is 84.9 Å². The summed E-state index contributed by atoms with van der Waals surface area (Å²) in [5.74, 6) is -0.416. The number of ether oxygens (including phenoxy) is 1. The van der Waals surface area contributed by atoms with E-state index in [1.807, 2.05) is 12.1 Å². The van der Waals surface area contributed by atoms with E-state index >= 15 is 0 Å². The van der Waals surface area contributed by atoms with Crippen LogP contribution in [0.15, 0.2) is 41.7 Å². The minimum Gasteiger partial charge on any atom is -0.462 e. The monoisotopic (exact) mass is 329 g/mol. The van der Waals surface area contributed by atoms with Crippen LogP contribution in [0, 0.1) is 0 Å². The van der Waals surface area contributed by atoms with Gasteiger partial charge in [0.2, 0.25) is 0 Å². The molecule has 23 heavy (non-hydrogen) atoms. The van der Waals surface area contributed by atoms with E-state index in [-0.39, 0.29) is 0 Å². The fraction of sp³-hybridized carbons (Fsp3) is 0.188.